The summed E-state index contributed by atoms with van der Waals surface area (Å²) in [4.78, 5) is 14.0. The molecule has 0 saturated carbocycles. The Morgan fingerprint density at radius 3 is 2.48 bits per heavy atom. The second-order valence-corrected chi connectivity index (χ2v) is 6.83. The summed E-state index contributed by atoms with van der Waals surface area (Å²) in [6.07, 6.45) is 2.50. The van der Waals surface area contributed by atoms with Crippen molar-refractivity contribution in [1.82, 2.24) is 4.90 Å². The molecular formula is C21H22F3NO2. The van der Waals surface area contributed by atoms with Crippen LogP contribution < -0.4 is 0 Å². The van der Waals surface area contributed by atoms with Crippen LogP contribution in [0, 0.1) is 23.4 Å². The Bertz CT molecular complexity index is 789. The van der Waals surface area contributed by atoms with Crippen molar-refractivity contribution >= 4 is 5.91 Å². The molecule has 6 heteroatoms. The molecule has 3 rings (SSSR count). The van der Waals surface area contributed by atoms with Gasteiger partial charge in [-0.15, -0.1) is 0 Å². The van der Waals surface area contributed by atoms with Gasteiger partial charge in [-0.25, -0.2) is 13.2 Å². The molecule has 27 heavy (non-hydrogen) atoms. The number of ether oxygens (including phenoxy) is 1. The third-order valence-corrected chi connectivity index (χ3v) is 4.89. The Hall–Kier alpha value is -2.34. The van der Waals surface area contributed by atoms with Gasteiger partial charge in [-0.2, -0.15) is 0 Å². The fourth-order valence-corrected chi connectivity index (χ4v) is 3.32. The molecule has 0 aromatic heterocycles. The number of piperidine rings is 1. The van der Waals surface area contributed by atoms with Crippen molar-refractivity contribution in [3.63, 3.8) is 0 Å². The average Bonchev–Trinajstić information content (AvgIpc) is 2.65. The largest absolute Gasteiger partial charge is 0.377 e. The van der Waals surface area contributed by atoms with E-state index >= 15 is 0 Å². The predicted molar refractivity (Wildman–Crippen MR) is 95.7 cm³/mol. The van der Waals surface area contributed by atoms with Gasteiger partial charge in [0.05, 0.1) is 12.2 Å². The van der Waals surface area contributed by atoms with Crippen LogP contribution in [0.5, 0.6) is 0 Å². The maximum Gasteiger partial charge on any atom is 0.256 e. The van der Waals surface area contributed by atoms with Crippen LogP contribution in [0.4, 0.5) is 13.2 Å². The van der Waals surface area contributed by atoms with E-state index in [0.29, 0.717) is 32.2 Å². The highest BCUT2D eigenvalue weighted by Crippen LogP contribution is 2.23. The van der Waals surface area contributed by atoms with Crippen LogP contribution >= 0.6 is 0 Å². The Kier molecular flexibility index (Phi) is 6.50. The van der Waals surface area contributed by atoms with Gasteiger partial charge in [0, 0.05) is 25.8 Å². The standard InChI is InChI=1S/C21H22F3NO2/c22-17-3-1-2-16(12-17)14-27-11-8-15-6-9-25(10-7-15)21(26)19-5-4-18(23)13-20(19)24/h1-5,12-13,15H,6-11,14H2. The van der Waals surface area contributed by atoms with E-state index in [0.717, 1.165) is 37.0 Å². The number of amides is 1. The molecule has 1 aliphatic heterocycles. The van der Waals surface area contributed by atoms with Crippen LogP contribution in [0.15, 0.2) is 42.5 Å². The Morgan fingerprint density at radius 1 is 1.04 bits per heavy atom. The number of nitrogens with zero attached hydrogens (tertiary/aromatic N) is 1. The van der Waals surface area contributed by atoms with Crippen molar-refractivity contribution in [3.8, 4) is 0 Å². The van der Waals surface area contributed by atoms with Crippen LogP contribution in [-0.2, 0) is 11.3 Å². The molecule has 0 radical (unpaired) electrons. The fourth-order valence-electron chi connectivity index (χ4n) is 3.32. The molecule has 0 unspecified atom stereocenters. The quantitative estimate of drug-likeness (QED) is 0.691. The second kappa shape index (κ2) is 9.04. The van der Waals surface area contributed by atoms with E-state index < -0.39 is 17.5 Å². The van der Waals surface area contributed by atoms with E-state index in [1.807, 2.05) is 6.07 Å². The van der Waals surface area contributed by atoms with Crippen molar-refractivity contribution in [1.29, 1.82) is 0 Å². The van der Waals surface area contributed by atoms with Crippen LogP contribution in [0.2, 0.25) is 0 Å². The number of rotatable bonds is 6. The minimum Gasteiger partial charge on any atom is -0.377 e. The topological polar surface area (TPSA) is 29.5 Å². The summed E-state index contributed by atoms with van der Waals surface area (Å²) in [5, 5.41) is 0. The zero-order valence-electron chi connectivity index (χ0n) is 15.0. The van der Waals surface area contributed by atoms with Gasteiger partial charge in [-0.05, 0) is 55.0 Å². The van der Waals surface area contributed by atoms with E-state index in [2.05, 4.69) is 0 Å². The molecule has 2 aromatic rings. The fraction of sp³-hybridized carbons (Fsp3) is 0.381. The van der Waals surface area contributed by atoms with Crippen molar-refractivity contribution in [2.45, 2.75) is 25.9 Å². The lowest BCUT2D eigenvalue weighted by molar-refractivity contribution is 0.0634. The Labute approximate surface area is 156 Å². The lowest BCUT2D eigenvalue weighted by Gasteiger charge is -2.32. The molecule has 3 nitrogen and oxygen atoms in total. The average molecular weight is 377 g/mol. The third kappa shape index (κ3) is 5.32. The van der Waals surface area contributed by atoms with Gasteiger partial charge in [0.15, 0.2) is 0 Å². The number of hydrogen-bond acceptors (Lipinski definition) is 2. The smallest absolute Gasteiger partial charge is 0.256 e. The van der Waals surface area contributed by atoms with Gasteiger partial charge in [0.2, 0.25) is 0 Å². The van der Waals surface area contributed by atoms with E-state index in [-0.39, 0.29) is 11.4 Å². The van der Waals surface area contributed by atoms with Crippen molar-refractivity contribution in [2.75, 3.05) is 19.7 Å². The molecular weight excluding hydrogens is 355 g/mol. The summed E-state index contributed by atoms with van der Waals surface area (Å²) < 4.78 is 45.5. The molecule has 1 amide bonds. The number of halogens is 3. The molecule has 1 aliphatic rings. The van der Waals surface area contributed by atoms with Crippen LogP contribution in [0.3, 0.4) is 0 Å². The molecule has 0 spiro atoms. The predicted octanol–water partition coefficient (Wildman–Crippen LogP) is 4.56. The highest BCUT2D eigenvalue weighted by molar-refractivity contribution is 5.94. The minimum atomic E-state index is -0.826. The summed E-state index contributed by atoms with van der Waals surface area (Å²) >= 11 is 0. The summed E-state index contributed by atoms with van der Waals surface area (Å²) in [6, 6.07) is 9.36. The molecule has 0 atom stereocenters. The second-order valence-electron chi connectivity index (χ2n) is 6.83. The lowest BCUT2D eigenvalue weighted by Crippen LogP contribution is -2.39. The summed E-state index contributed by atoms with van der Waals surface area (Å²) in [6.45, 7) is 2.04. The highest BCUT2D eigenvalue weighted by atomic mass is 19.1. The number of carbonyl (C=O) groups excluding carboxylic acids is 1. The van der Waals surface area contributed by atoms with Gasteiger partial charge < -0.3 is 9.64 Å². The first-order chi connectivity index (χ1) is 13.0. The van der Waals surface area contributed by atoms with Gasteiger partial charge in [0.1, 0.15) is 17.5 Å². The first-order valence-electron chi connectivity index (χ1n) is 9.09. The third-order valence-electron chi connectivity index (χ3n) is 4.89. The van der Waals surface area contributed by atoms with Crippen molar-refractivity contribution < 1.29 is 22.7 Å². The molecule has 0 aliphatic carbocycles. The highest BCUT2D eigenvalue weighted by Gasteiger charge is 2.25. The Morgan fingerprint density at radius 2 is 1.78 bits per heavy atom. The number of carbonyl (C=O) groups is 1. The van der Waals surface area contributed by atoms with Gasteiger partial charge in [-0.3, -0.25) is 4.79 Å². The first-order valence-corrected chi connectivity index (χ1v) is 9.09. The monoisotopic (exact) mass is 377 g/mol. The molecule has 1 fully saturated rings. The van der Waals surface area contributed by atoms with Crippen molar-refractivity contribution in [3.05, 3.63) is 71.0 Å². The normalized spacial score (nSPS) is 15.1. The zero-order valence-corrected chi connectivity index (χ0v) is 15.0. The lowest BCUT2D eigenvalue weighted by atomic mass is 9.93. The molecule has 0 N–H and O–H groups in total. The molecule has 1 heterocycles. The molecule has 2 aromatic carbocycles. The van der Waals surface area contributed by atoms with Gasteiger partial charge in [0.25, 0.3) is 5.91 Å². The summed E-state index contributed by atoms with van der Waals surface area (Å²) in [5.41, 5.74) is 0.713. The van der Waals surface area contributed by atoms with E-state index in [1.165, 1.54) is 18.2 Å². The first kappa shape index (κ1) is 19.4. The molecule has 0 bridgehead atoms. The summed E-state index contributed by atoms with van der Waals surface area (Å²) in [5.74, 6) is -1.76. The SMILES string of the molecule is O=C(c1ccc(F)cc1F)N1CCC(CCOCc2cccc(F)c2)CC1. The van der Waals surface area contributed by atoms with E-state index in [9.17, 15) is 18.0 Å². The number of benzene rings is 2. The molecule has 144 valence electrons. The maximum atomic E-state index is 13.8. The maximum absolute atomic E-state index is 13.8. The van der Waals surface area contributed by atoms with E-state index in [1.54, 1.807) is 11.0 Å². The Balaban J connectivity index is 1.40. The number of likely N-dealkylation sites (tertiary alicyclic amines) is 1. The zero-order chi connectivity index (χ0) is 19.2. The summed E-state index contributed by atoms with van der Waals surface area (Å²) in [7, 11) is 0. The van der Waals surface area contributed by atoms with Gasteiger partial charge in [-0.1, -0.05) is 12.1 Å². The van der Waals surface area contributed by atoms with Crippen LogP contribution in [0.25, 0.3) is 0 Å². The van der Waals surface area contributed by atoms with E-state index in [4.69, 9.17) is 4.74 Å². The minimum absolute atomic E-state index is 0.0896. The van der Waals surface area contributed by atoms with Crippen LogP contribution in [0.1, 0.15) is 35.2 Å². The number of hydrogen-bond donors (Lipinski definition) is 0. The molecule has 1 saturated heterocycles. The van der Waals surface area contributed by atoms with Crippen LogP contribution in [-0.4, -0.2) is 30.5 Å². The van der Waals surface area contributed by atoms with Crippen molar-refractivity contribution in [2.24, 2.45) is 5.92 Å². The van der Waals surface area contributed by atoms with Gasteiger partial charge >= 0.3 is 0 Å².